The van der Waals surface area contributed by atoms with Gasteiger partial charge in [0.05, 0.1) is 17.2 Å². The lowest BCUT2D eigenvalue weighted by Crippen LogP contribution is -2.25. The number of nitrogens with one attached hydrogen (secondary N) is 1. The van der Waals surface area contributed by atoms with Gasteiger partial charge in [-0.1, -0.05) is 55.6 Å². The first-order chi connectivity index (χ1) is 15.1. The topological polar surface area (TPSA) is 98.2 Å². The second-order valence-electron chi connectivity index (χ2n) is 7.22. The summed E-state index contributed by atoms with van der Waals surface area (Å²) < 4.78 is 1.45. The molecule has 0 aliphatic carbocycles. The molecule has 4 rings (SSSR count). The van der Waals surface area contributed by atoms with Gasteiger partial charge in [0.1, 0.15) is 16.9 Å². The molecule has 0 spiro atoms. The molecule has 0 atom stereocenters. The molecule has 2 heterocycles. The second-order valence-corrected chi connectivity index (χ2v) is 7.66. The number of nitrogen functional groups attached to an aromatic ring is 1. The largest absolute Gasteiger partial charge is 0.383 e. The second kappa shape index (κ2) is 9.14. The first-order valence-corrected chi connectivity index (χ1v) is 10.6. The minimum atomic E-state index is -0.278. The number of hydrogen-bond acceptors (Lipinski definition) is 5. The van der Waals surface area contributed by atoms with E-state index < -0.39 is 0 Å². The summed E-state index contributed by atoms with van der Waals surface area (Å²) in [6.07, 6.45) is 4.66. The lowest BCUT2D eigenvalue weighted by Gasteiger charge is -2.05. The highest BCUT2D eigenvalue weighted by molar-refractivity contribution is 6.30. The molecular formula is C23H23ClN6O. The van der Waals surface area contributed by atoms with Gasteiger partial charge >= 0.3 is 0 Å². The summed E-state index contributed by atoms with van der Waals surface area (Å²) >= 11 is 6.07. The maximum Gasteiger partial charge on any atom is 0.257 e. The summed E-state index contributed by atoms with van der Waals surface area (Å²) in [5.74, 6) is -0.0866. The quantitative estimate of drug-likeness (QED) is 0.327. The Kier molecular flexibility index (Phi) is 6.13. The molecule has 31 heavy (non-hydrogen) atoms. The van der Waals surface area contributed by atoms with Crippen LogP contribution in [0.3, 0.4) is 0 Å². The number of anilines is 1. The predicted octanol–water partition coefficient (Wildman–Crippen LogP) is 4.62. The number of fused-ring (bicyclic) bond motifs is 2. The van der Waals surface area contributed by atoms with Crippen LogP contribution < -0.4 is 11.1 Å². The van der Waals surface area contributed by atoms with E-state index in [0.29, 0.717) is 33.8 Å². The number of rotatable bonds is 7. The van der Waals surface area contributed by atoms with Crippen molar-refractivity contribution in [3.63, 3.8) is 0 Å². The zero-order chi connectivity index (χ0) is 21.8. The first kappa shape index (κ1) is 20.8. The van der Waals surface area contributed by atoms with E-state index in [2.05, 4.69) is 27.3 Å². The summed E-state index contributed by atoms with van der Waals surface area (Å²) in [7, 11) is 0. The molecule has 158 valence electrons. The molecule has 0 aliphatic heterocycles. The third-order valence-electron chi connectivity index (χ3n) is 4.94. The molecule has 0 radical (unpaired) electrons. The molecule has 7 nitrogen and oxygen atoms in total. The van der Waals surface area contributed by atoms with Crippen molar-refractivity contribution in [3.05, 3.63) is 64.7 Å². The lowest BCUT2D eigenvalue weighted by molar-refractivity contribution is 0.0955. The molecule has 0 fully saturated rings. The number of nitrogens with two attached hydrogens (primary N) is 1. The Morgan fingerprint density at radius 3 is 2.68 bits per heavy atom. The number of hydrogen-bond donors (Lipinski definition) is 2. The summed E-state index contributed by atoms with van der Waals surface area (Å²) in [5.41, 5.74) is 9.70. The van der Waals surface area contributed by atoms with Crippen LogP contribution in [0.1, 0.15) is 42.1 Å². The molecule has 0 unspecified atom stereocenters. The van der Waals surface area contributed by atoms with E-state index in [0.717, 1.165) is 24.8 Å². The Hall–Kier alpha value is -3.45. The van der Waals surface area contributed by atoms with Crippen molar-refractivity contribution in [3.8, 4) is 0 Å². The van der Waals surface area contributed by atoms with Gasteiger partial charge in [-0.15, -0.1) is 0 Å². The standard InChI is InChI=1S/C23H23ClN6O/c1-2-3-6-12-26-23(31)19-20-22(29-18-11-5-4-10-17(18)28-20)30(21(19)25)27-14-15-8-7-9-16(24)13-15/h4-5,7-11,13-14H,2-3,6,12,25H2,1H3,(H,26,31)/b27-14+. The van der Waals surface area contributed by atoms with Crippen LogP contribution in [-0.4, -0.2) is 33.3 Å². The maximum atomic E-state index is 13.0. The third-order valence-corrected chi connectivity index (χ3v) is 5.17. The number of benzene rings is 2. The molecule has 3 N–H and O–H groups in total. The number of para-hydroxylation sites is 2. The molecule has 1 amide bonds. The molecule has 0 bridgehead atoms. The molecule has 0 saturated carbocycles. The Labute approximate surface area is 184 Å². The molecule has 0 saturated heterocycles. The number of aromatic nitrogens is 3. The molecule has 2 aromatic carbocycles. The van der Waals surface area contributed by atoms with Gasteiger partial charge in [0, 0.05) is 11.6 Å². The number of amides is 1. The Balaban J connectivity index is 1.81. The highest BCUT2D eigenvalue weighted by Crippen LogP contribution is 2.27. The number of halogens is 1. The Morgan fingerprint density at radius 2 is 1.94 bits per heavy atom. The highest BCUT2D eigenvalue weighted by Gasteiger charge is 2.23. The van der Waals surface area contributed by atoms with E-state index in [-0.39, 0.29) is 17.3 Å². The van der Waals surface area contributed by atoms with Crippen molar-refractivity contribution in [1.29, 1.82) is 0 Å². The predicted molar refractivity (Wildman–Crippen MR) is 126 cm³/mol. The van der Waals surface area contributed by atoms with Gasteiger partial charge in [0.15, 0.2) is 5.65 Å². The van der Waals surface area contributed by atoms with Crippen LogP contribution in [0.15, 0.2) is 53.6 Å². The molecule has 0 aliphatic rings. The van der Waals surface area contributed by atoms with E-state index in [1.54, 1.807) is 18.3 Å². The van der Waals surface area contributed by atoms with Crippen LogP contribution in [0.2, 0.25) is 5.02 Å². The lowest BCUT2D eigenvalue weighted by atomic mass is 10.2. The van der Waals surface area contributed by atoms with Gasteiger partial charge in [0.2, 0.25) is 0 Å². The number of carbonyl (C=O) groups is 1. The normalized spacial score (nSPS) is 11.5. The van der Waals surface area contributed by atoms with E-state index in [1.165, 1.54) is 4.68 Å². The molecule has 2 aromatic heterocycles. The smallest absolute Gasteiger partial charge is 0.257 e. The zero-order valence-corrected chi connectivity index (χ0v) is 17.9. The van der Waals surface area contributed by atoms with E-state index in [9.17, 15) is 4.79 Å². The SMILES string of the molecule is CCCCCNC(=O)c1c(N)n(/N=C/c2cccc(Cl)c2)c2nc3ccccc3nc12. The molecule has 8 heteroatoms. The number of unbranched alkanes of at least 4 members (excludes halogenated alkanes) is 2. The summed E-state index contributed by atoms with van der Waals surface area (Å²) in [6, 6.07) is 14.8. The van der Waals surface area contributed by atoms with E-state index in [4.69, 9.17) is 17.3 Å². The van der Waals surface area contributed by atoms with Crippen molar-refractivity contribution < 1.29 is 4.79 Å². The van der Waals surface area contributed by atoms with Crippen molar-refractivity contribution in [2.24, 2.45) is 5.10 Å². The average molecular weight is 435 g/mol. The van der Waals surface area contributed by atoms with E-state index >= 15 is 0 Å². The number of carbonyl (C=O) groups excluding carboxylic acids is 1. The first-order valence-electron chi connectivity index (χ1n) is 10.2. The van der Waals surface area contributed by atoms with Crippen molar-refractivity contribution in [2.45, 2.75) is 26.2 Å². The van der Waals surface area contributed by atoms with Gasteiger partial charge < -0.3 is 11.1 Å². The minimum Gasteiger partial charge on any atom is -0.383 e. The van der Waals surface area contributed by atoms with Gasteiger partial charge in [-0.05, 0) is 36.2 Å². The fourth-order valence-corrected chi connectivity index (χ4v) is 3.56. The summed E-state index contributed by atoms with van der Waals surface area (Å²) in [4.78, 5) is 22.3. The van der Waals surface area contributed by atoms with Crippen LogP contribution in [0, 0.1) is 0 Å². The maximum absolute atomic E-state index is 13.0. The fourth-order valence-electron chi connectivity index (χ4n) is 3.36. The van der Waals surface area contributed by atoms with Crippen LogP contribution in [-0.2, 0) is 0 Å². The van der Waals surface area contributed by atoms with Crippen LogP contribution in [0.5, 0.6) is 0 Å². The number of nitrogens with zero attached hydrogens (tertiary/aromatic N) is 4. The fraction of sp³-hybridized carbons (Fsp3) is 0.217. The van der Waals surface area contributed by atoms with Gasteiger partial charge in [-0.3, -0.25) is 4.79 Å². The van der Waals surface area contributed by atoms with Crippen molar-refractivity contribution in [2.75, 3.05) is 12.3 Å². The molecular weight excluding hydrogens is 412 g/mol. The van der Waals surface area contributed by atoms with Gasteiger partial charge in [0.25, 0.3) is 5.91 Å². The van der Waals surface area contributed by atoms with Crippen LogP contribution in [0.25, 0.3) is 22.2 Å². The average Bonchev–Trinajstić information content (AvgIpc) is 3.04. The Morgan fingerprint density at radius 1 is 1.16 bits per heavy atom. The van der Waals surface area contributed by atoms with Gasteiger partial charge in [-0.2, -0.15) is 9.78 Å². The summed E-state index contributed by atoms with van der Waals surface area (Å²) in [6.45, 7) is 2.69. The Bertz CT molecular complexity index is 1280. The summed E-state index contributed by atoms with van der Waals surface area (Å²) in [5, 5.41) is 8.03. The zero-order valence-electron chi connectivity index (χ0n) is 17.2. The highest BCUT2D eigenvalue weighted by atomic mass is 35.5. The van der Waals surface area contributed by atoms with Crippen molar-refractivity contribution >= 4 is 51.7 Å². The van der Waals surface area contributed by atoms with Crippen LogP contribution in [0.4, 0.5) is 5.82 Å². The molecule has 4 aromatic rings. The minimum absolute atomic E-state index is 0.191. The van der Waals surface area contributed by atoms with Crippen LogP contribution >= 0.6 is 11.6 Å². The van der Waals surface area contributed by atoms with E-state index in [1.807, 2.05) is 36.4 Å². The van der Waals surface area contributed by atoms with Gasteiger partial charge in [-0.25, -0.2) is 9.97 Å². The third kappa shape index (κ3) is 4.36. The monoisotopic (exact) mass is 434 g/mol. The van der Waals surface area contributed by atoms with Crippen molar-refractivity contribution in [1.82, 2.24) is 20.0 Å².